The van der Waals surface area contributed by atoms with Crippen molar-refractivity contribution in [1.29, 1.82) is 0 Å². The summed E-state index contributed by atoms with van der Waals surface area (Å²) in [4.78, 5) is 10.1. The Morgan fingerprint density at radius 2 is 1.56 bits per heavy atom. The van der Waals surface area contributed by atoms with Crippen LogP contribution in [0.2, 0.25) is 26.8 Å². The maximum Gasteiger partial charge on any atom is 0.163 e. The van der Waals surface area contributed by atoms with E-state index in [-0.39, 0.29) is 18.2 Å². The van der Waals surface area contributed by atoms with Crippen LogP contribution in [0.1, 0.15) is 67.9 Å². The normalized spacial score (nSPS) is 31.2. The summed E-state index contributed by atoms with van der Waals surface area (Å²) in [5.41, 5.74) is 4.48. The minimum atomic E-state index is -2.10. The highest BCUT2D eigenvalue weighted by molar-refractivity contribution is 6.94. The van der Waals surface area contributed by atoms with Crippen LogP contribution in [0.25, 0.3) is 11.2 Å². The summed E-state index contributed by atoms with van der Waals surface area (Å²) in [5, 5.41) is 0.792. The number of halogens is 2. The van der Waals surface area contributed by atoms with Crippen molar-refractivity contribution in [2.45, 2.75) is 102 Å². The van der Waals surface area contributed by atoms with Gasteiger partial charge in [-0.3, -0.25) is 0 Å². The van der Waals surface area contributed by atoms with Gasteiger partial charge in [0, 0.05) is 0 Å². The lowest BCUT2D eigenvalue weighted by molar-refractivity contribution is -0.156. The zero-order chi connectivity index (χ0) is 23.3. The predicted octanol–water partition coefficient (Wildman–Crippen LogP) is 6.33. The maximum atomic E-state index is 6.52. The highest BCUT2D eigenvalue weighted by Crippen LogP contribution is 2.63. The highest BCUT2D eigenvalue weighted by Gasteiger charge is 2.67. The van der Waals surface area contributed by atoms with E-state index in [1.807, 2.05) is 19.9 Å². The molecule has 0 unspecified atom stereocenters. The number of aromatic nitrogens is 3. The Kier molecular flexibility index (Phi) is 5.35. The lowest BCUT2D eigenvalue weighted by Crippen LogP contribution is -2.60. The van der Waals surface area contributed by atoms with Crippen molar-refractivity contribution in [3.63, 3.8) is 0 Å². The highest BCUT2D eigenvalue weighted by atomic mass is 35.5. The van der Waals surface area contributed by atoms with E-state index in [1.54, 1.807) is 0 Å². The predicted molar refractivity (Wildman–Crippen MR) is 133 cm³/mol. The topological polar surface area (TPSA) is 49.2 Å². The third kappa shape index (κ3) is 3.09. The van der Waals surface area contributed by atoms with E-state index >= 15 is 0 Å². The second-order valence-electron chi connectivity index (χ2n) is 11.4. The quantitative estimate of drug-likeness (QED) is 0.358. The SMILES string of the molecule is CC(C)[Si](c1nc2cc(Cl)c(Cl)nc2n1[C@@H]1[C@H]2C[C@H]2[C@H]2OC(C)(C)O[C@H]21)(C(C)C)C(C)C. The number of fused-ring (bicyclic) bond motifs is 4. The number of hydrogen-bond acceptors (Lipinski definition) is 4. The summed E-state index contributed by atoms with van der Waals surface area (Å²) >= 11 is 12.8. The first-order chi connectivity index (χ1) is 14.9. The maximum absolute atomic E-state index is 6.52. The summed E-state index contributed by atoms with van der Waals surface area (Å²) in [6.07, 6.45) is 1.33. The molecule has 0 radical (unpaired) electrons. The van der Waals surface area contributed by atoms with Gasteiger partial charge in [0.25, 0.3) is 0 Å². The third-order valence-corrected chi connectivity index (χ3v) is 15.9. The Labute approximate surface area is 202 Å². The monoisotopic (exact) mass is 495 g/mol. The molecule has 0 N–H and O–H groups in total. The molecular weight excluding hydrogens is 461 g/mol. The van der Waals surface area contributed by atoms with Gasteiger partial charge < -0.3 is 14.0 Å². The van der Waals surface area contributed by atoms with Gasteiger partial charge in [-0.25, -0.2) is 9.97 Å². The van der Waals surface area contributed by atoms with Crippen LogP contribution in [0, 0.1) is 11.8 Å². The molecule has 5 rings (SSSR count). The van der Waals surface area contributed by atoms with E-state index < -0.39 is 13.9 Å². The molecule has 3 heterocycles. The van der Waals surface area contributed by atoms with Crippen LogP contribution in [0.5, 0.6) is 0 Å². The zero-order valence-electron chi connectivity index (χ0n) is 20.3. The van der Waals surface area contributed by atoms with Gasteiger partial charge in [-0.15, -0.1) is 0 Å². The van der Waals surface area contributed by atoms with Crippen molar-refractivity contribution in [2.75, 3.05) is 0 Å². The van der Waals surface area contributed by atoms with Crippen LogP contribution in [0.15, 0.2) is 6.07 Å². The summed E-state index contributed by atoms with van der Waals surface area (Å²) in [6.45, 7) is 18.3. The Morgan fingerprint density at radius 3 is 2.16 bits per heavy atom. The van der Waals surface area contributed by atoms with E-state index in [1.165, 1.54) is 11.9 Å². The molecule has 2 saturated carbocycles. The lowest BCUT2D eigenvalue weighted by atomic mass is 10.1. The number of ether oxygens (including phenoxy) is 2. The Bertz CT molecular complexity index is 1050. The Morgan fingerprint density at radius 1 is 0.969 bits per heavy atom. The van der Waals surface area contributed by atoms with Gasteiger partial charge in [-0.2, -0.15) is 0 Å². The number of pyridine rings is 1. The molecule has 2 aliphatic carbocycles. The molecule has 5 nitrogen and oxygen atoms in total. The van der Waals surface area contributed by atoms with Gasteiger partial charge in [-0.05, 0) is 54.8 Å². The minimum absolute atomic E-state index is 0.0133. The molecule has 32 heavy (non-hydrogen) atoms. The average molecular weight is 497 g/mol. The second-order valence-corrected chi connectivity index (χ2v) is 18.0. The van der Waals surface area contributed by atoms with Crippen LogP contribution >= 0.6 is 23.2 Å². The number of rotatable bonds is 5. The second kappa shape index (κ2) is 7.42. The molecule has 2 aromatic heterocycles. The molecule has 0 amide bonds. The van der Waals surface area contributed by atoms with Gasteiger partial charge in [0.1, 0.15) is 24.8 Å². The molecule has 0 aromatic carbocycles. The molecule has 5 atom stereocenters. The van der Waals surface area contributed by atoms with Crippen LogP contribution in [0.4, 0.5) is 0 Å². The van der Waals surface area contributed by atoms with Crippen molar-refractivity contribution in [1.82, 2.24) is 14.5 Å². The molecule has 1 aliphatic heterocycles. The fraction of sp³-hybridized carbons (Fsp3) is 0.750. The van der Waals surface area contributed by atoms with Crippen LogP contribution in [0.3, 0.4) is 0 Å². The smallest absolute Gasteiger partial charge is 0.163 e. The average Bonchev–Trinajstić information content (AvgIpc) is 3.16. The van der Waals surface area contributed by atoms with E-state index in [0.29, 0.717) is 38.6 Å². The largest absolute Gasteiger partial charge is 0.344 e. The minimum Gasteiger partial charge on any atom is -0.344 e. The number of imidazole rings is 1. The number of nitrogens with zero attached hydrogens (tertiary/aromatic N) is 3. The standard InChI is InChI=1S/C24H35Cl2N3O2Si/c1-11(2)32(12(3)4,13(5)6)23-27-17-10-16(25)21(26)28-22(17)29(23)18-14-9-15(14)19-20(18)31-24(7,8)30-19/h10-15,18-20H,9H2,1-8H3/t14-,15+,18+,19+,20-/m0/s1. The first-order valence-electron chi connectivity index (χ1n) is 12.0. The molecule has 3 fully saturated rings. The zero-order valence-corrected chi connectivity index (χ0v) is 22.8. The first-order valence-corrected chi connectivity index (χ1v) is 15.0. The van der Waals surface area contributed by atoms with E-state index in [0.717, 1.165) is 11.2 Å². The van der Waals surface area contributed by atoms with Crippen LogP contribution in [-0.2, 0) is 9.47 Å². The van der Waals surface area contributed by atoms with Gasteiger partial charge in [0.15, 0.2) is 11.4 Å². The van der Waals surface area contributed by atoms with Crippen molar-refractivity contribution in [3.8, 4) is 0 Å². The van der Waals surface area contributed by atoms with Crippen LogP contribution < -0.4 is 5.45 Å². The molecule has 2 aromatic rings. The van der Waals surface area contributed by atoms with Crippen molar-refractivity contribution in [3.05, 3.63) is 16.2 Å². The molecule has 1 saturated heterocycles. The van der Waals surface area contributed by atoms with Crippen molar-refractivity contribution < 1.29 is 9.47 Å². The van der Waals surface area contributed by atoms with Gasteiger partial charge in [0.05, 0.1) is 22.6 Å². The van der Waals surface area contributed by atoms with Gasteiger partial charge in [0.2, 0.25) is 0 Å². The van der Waals surface area contributed by atoms with E-state index in [9.17, 15) is 0 Å². The third-order valence-electron chi connectivity index (χ3n) is 8.38. The summed E-state index contributed by atoms with van der Waals surface area (Å²) in [6, 6.07) is 2.05. The fourth-order valence-corrected chi connectivity index (χ4v) is 14.2. The van der Waals surface area contributed by atoms with E-state index in [4.69, 9.17) is 42.6 Å². The molecule has 3 aliphatic rings. The molecule has 176 valence electrons. The lowest BCUT2D eigenvalue weighted by Gasteiger charge is -2.43. The van der Waals surface area contributed by atoms with Crippen LogP contribution in [-0.4, -0.2) is 40.6 Å². The summed E-state index contributed by atoms with van der Waals surface area (Å²) in [5.74, 6) is 0.522. The Hall–Kier alpha value is -0.663. The molecule has 8 heteroatoms. The fourth-order valence-electron chi connectivity index (χ4n) is 7.34. The van der Waals surface area contributed by atoms with Gasteiger partial charge >= 0.3 is 0 Å². The summed E-state index contributed by atoms with van der Waals surface area (Å²) in [7, 11) is -2.10. The first kappa shape index (κ1) is 23.1. The van der Waals surface area contributed by atoms with Crippen molar-refractivity contribution in [2.24, 2.45) is 11.8 Å². The molecule has 0 bridgehead atoms. The Balaban J connectivity index is 1.80. The number of hydrogen-bond donors (Lipinski definition) is 0. The molecule has 0 spiro atoms. The van der Waals surface area contributed by atoms with Crippen molar-refractivity contribution >= 4 is 47.9 Å². The van der Waals surface area contributed by atoms with E-state index in [2.05, 4.69) is 46.1 Å². The summed E-state index contributed by atoms with van der Waals surface area (Å²) < 4.78 is 15.3. The molecular formula is C24H35Cl2N3O2Si. The van der Waals surface area contributed by atoms with Gasteiger partial charge in [-0.1, -0.05) is 64.7 Å².